The van der Waals surface area contributed by atoms with Gasteiger partial charge in [-0.2, -0.15) is 0 Å². The van der Waals surface area contributed by atoms with Crippen LogP contribution in [0, 0.1) is 11.3 Å². The van der Waals surface area contributed by atoms with Gasteiger partial charge in [-0.15, -0.1) is 0 Å². The third kappa shape index (κ3) is 10.2. The van der Waals surface area contributed by atoms with Crippen LogP contribution in [0.4, 0.5) is 0 Å². The molecule has 0 N–H and O–H groups in total. The van der Waals surface area contributed by atoms with Gasteiger partial charge in [0, 0.05) is 25.0 Å². The van der Waals surface area contributed by atoms with Crippen LogP contribution >= 0.6 is 0 Å². The molecule has 0 amide bonds. The van der Waals surface area contributed by atoms with Crippen molar-refractivity contribution < 1.29 is 23.1 Å². The molecule has 5 nitrogen and oxygen atoms in total. The lowest BCUT2D eigenvalue weighted by atomic mass is 9.76. The summed E-state index contributed by atoms with van der Waals surface area (Å²) in [7, 11) is -0.301. The molecule has 214 valence electrons. The SMILES string of the molecule is C/C=C(\O[Si](C)(C)C)C(C)(C)[C@@H](OC)[C@H](C)[C@H](CCOCc1ccc(OC)cc1)O[Si](C)(C)C(C)(C)C. The first kappa shape index (κ1) is 33.9. The second-order valence-electron chi connectivity index (χ2n) is 13.2. The molecular formula is C30H56O5Si2. The molecule has 0 aliphatic heterocycles. The molecule has 0 spiro atoms. The topological polar surface area (TPSA) is 46.2 Å². The fraction of sp³-hybridized carbons (Fsp3) is 0.733. The highest BCUT2D eigenvalue weighted by Crippen LogP contribution is 2.43. The number of hydrogen-bond acceptors (Lipinski definition) is 5. The second kappa shape index (κ2) is 13.8. The van der Waals surface area contributed by atoms with E-state index in [1.807, 2.05) is 31.4 Å². The summed E-state index contributed by atoms with van der Waals surface area (Å²) in [6.07, 6.45) is 2.84. The minimum Gasteiger partial charge on any atom is -0.547 e. The molecule has 7 heteroatoms. The second-order valence-corrected chi connectivity index (χ2v) is 22.4. The Morgan fingerprint density at radius 1 is 0.946 bits per heavy atom. The first-order valence-corrected chi connectivity index (χ1v) is 20.0. The average molecular weight is 553 g/mol. The van der Waals surface area contributed by atoms with E-state index in [1.165, 1.54) is 0 Å². The van der Waals surface area contributed by atoms with Gasteiger partial charge in [0.1, 0.15) is 5.75 Å². The van der Waals surface area contributed by atoms with E-state index < -0.39 is 16.6 Å². The van der Waals surface area contributed by atoms with E-state index in [-0.39, 0.29) is 28.6 Å². The van der Waals surface area contributed by atoms with Gasteiger partial charge in [0.2, 0.25) is 8.32 Å². The molecule has 0 saturated heterocycles. The molecule has 0 aromatic heterocycles. The smallest absolute Gasteiger partial charge is 0.241 e. The largest absolute Gasteiger partial charge is 0.547 e. The van der Waals surface area contributed by atoms with Crippen LogP contribution < -0.4 is 4.74 Å². The number of benzene rings is 1. The highest BCUT2D eigenvalue weighted by atomic mass is 28.4. The quantitative estimate of drug-likeness (QED) is 0.124. The van der Waals surface area contributed by atoms with Crippen LogP contribution in [-0.2, 0) is 24.9 Å². The minimum atomic E-state index is -2.02. The molecule has 0 bridgehead atoms. The maximum Gasteiger partial charge on any atom is 0.241 e. The molecule has 0 radical (unpaired) electrons. The monoisotopic (exact) mass is 552 g/mol. The number of allylic oxidation sites excluding steroid dienone is 1. The van der Waals surface area contributed by atoms with Crippen molar-refractivity contribution in [3.8, 4) is 5.75 Å². The predicted molar refractivity (Wildman–Crippen MR) is 161 cm³/mol. The molecule has 1 aromatic rings. The highest BCUT2D eigenvalue weighted by Gasteiger charge is 2.45. The van der Waals surface area contributed by atoms with E-state index in [2.05, 4.69) is 87.3 Å². The Kier molecular flexibility index (Phi) is 12.6. The third-order valence-corrected chi connectivity index (χ3v) is 12.9. The van der Waals surface area contributed by atoms with Crippen molar-refractivity contribution in [3.05, 3.63) is 41.7 Å². The Balaban J connectivity index is 3.13. The van der Waals surface area contributed by atoms with E-state index in [0.29, 0.717) is 13.2 Å². The number of rotatable bonds is 15. The Bertz CT molecular complexity index is 835. The summed E-state index contributed by atoms with van der Waals surface area (Å²) in [5, 5.41) is 0.114. The maximum atomic E-state index is 7.05. The zero-order chi connectivity index (χ0) is 28.7. The van der Waals surface area contributed by atoms with Gasteiger partial charge in [0.25, 0.3) is 0 Å². The van der Waals surface area contributed by atoms with Gasteiger partial charge in [-0.1, -0.05) is 59.8 Å². The van der Waals surface area contributed by atoms with Crippen LogP contribution in [-0.4, -0.2) is 49.7 Å². The Hall–Kier alpha value is -1.13. The normalized spacial score (nSPS) is 16.3. The average Bonchev–Trinajstić information content (AvgIpc) is 2.78. The standard InChI is InChI=1S/C30H56O5Si2/c1-15-27(35-36(10,11)12)30(6,7)28(32-9)23(2)26(34-37(13,14)29(3,4)5)20-21-33-22-24-16-18-25(31-8)19-17-24/h15-19,23,26,28H,20-22H2,1-14H3/b27-15-/t23-,26+,28+/m1/s1. The van der Waals surface area contributed by atoms with Crippen molar-refractivity contribution in [2.45, 2.75) is 111 Å². The Morgan fingerprint density at radius 3 is 1.95 bits per heavy atom. The van der Waals surface area contributed by atoms with Crippen molar-refractivity contribution in [1.29, 1.82) is 0 Å². The van der Waals surface area contributed by atoms with Gasteiger partial charge < -0.3 is 23.1 Å². The zero-order valence-electron chi connectivity index (χ0n) is 26.3. The molecule has 3 atom stereocenters. The summed E-state index contributed by atoms with van der Waals surface area (Å²) in [5.74, 6) is 2.00. The summed E-state index contributed by atoms with van der Waals surface area (Å²) >= 11 is 0. The van der Waals surface area contributed by atoms with Crippen LogP contribution in [0.25, 0.3) is 0 Å². The molecule has 0 fully saturated rings. The van der Waals surface area contributed by atoms with Crippen LogP contribution in [0.3, 0.4) is 0 Å². The summed E-state index contributed by atoms with van der Waals surface area (Å²) in [5.41, 5.74) is 0.829. The summed E-state index contributed by atoms with van der Waals surface area (Å²) in [6.45, 7) is 28.2. The third-order valence-electron chi connectivity index (χ3n) is 7.57. The first-order chi connectivity index (χ1) is 16.9. The lowest BCUT2D eigenvalue weighted by Crippen LogP contribution is -2.50. The van der Waals surface area contributed by atoms with Gasteiger partial charge in [-0.05, 0) is 68.8 Å². The number of methoxy groups -OCH3 is 2. The fourth-order valence-electron chi connectivity index (χ4n) is 4.49. The number of ether oxygens (including phenoxy) is 3. The molecular weight excluding hydrogens is 496 g/mol. The molecule has 0 aliphatic rings. The molecule has 0 saturated carbocycles. The predicted octanol–water partition coefficient (Wildman–Crippen LogP) is 8.42. The fourth-order valence-corrected chi connectivity index (χ4v) is 6.97. The van der Waals surface area contributed by atoms with E-state index in [1.54, 1.807) is 7.11 Å². The lowest BCUT2D eigenvalue weighted by molar-refractivity contribution is -0.0687. The molecule has 1 aromatic carbocycles. The van der Waals surface area contributed by atoms with Crippen LogP contribution in [0.1, 0.15) is 60.5 Å². The number of hydrogen-bond donors (Lipinski definition) is 0. The highest BCUT2D eigenvalue weighted by molar-refractivity contribution is 6.74. The van der Waals surface area contributed by atoms with Gasteiger partial charge >= 0.3 is 0 Å². The van der Waals surface area contributed by atoms with E-state index in [9.17, 15) is 0 Å². The molecule has 0 aliphatic carbocycles. The van der Waals surface area contributed by atoms with Crippen molar-refractivity contribution >= 4 is 16.6 Å². The van der Waals surface area contributed by atoms with Crippen molar-refractivity contribution in [2.75, 3.05) is 20.8 Å². The molecule has 0 unspecified atom stereocenters. The van der Waals surface area contributed by atoms with Gasteiger partial charge in [-0.3, -0.25) is 0 Å². The van der Waals surface area contributed by atoms with Crippen molar-refractivity contribution in [2.24, 2.45) is 11.3 Å². The lowest BCUT2D eigenvalue weighted by Gasteiger charge is -2.46. The summed E-state index contributed by atoms with van der Waals surface area (Å²) in [4.78, 5) is 0. The van der Waals surface area contributed by atoms with E-state index in [0.717, 1.165) is 23.5 Å². The first-order valence-electron chi connectivity index (χ1n) is 13.7. The Morgan fingerprint density at radius 2 is 1.51 bits per heavy atom. The van der Waals surface area contributed by atoms with E-state index in [4.69, 9.17) is 23.1 Å². The summed E-state index contributed by atoms with van der Waals surface area (Å²) < 4.78 is 31.2. The van der Waals surface area contributed by atoms with Crippen molar-refractivity contribution in [1.82, 2.24) is 0 Å². The Labute approximate surface area is 230 Å². The minimum absolute atomic E-state index is 0.00553. The molecule has 1 rings (SSSR count). The van der Waals surface area contributed by atoms with Gasteiger partial charge in [0.15, 0.2) is 8.32 Å². The van der Waals surface area contributed by atoms with Crippen LogP contribution in [0.15, 0.2) is 36.1 Å². The van der Waals surface area contributed by atoms with E-state index >= 15 is 0 Å². The van der Waals surface area contributed by atoms with Gasteiger partial charge in [0.05, 0.1) is 31.7 Å². The zero-order valence-corrected chi connectivity index (χ0v) is 28.3. The summed E-state index contributed by atoms with van der Waals surface area (Å²) in [6, 6.07) is 8.03. The molecule has 0 heterocycles. The van der Waals surface area contributed by atoms with Crippen molar-refractivity contribution in [3.63, 3.8) is 0 Å². The molecule has 37 heavy (non-hydrogen) atoms. The maximum absolute atomic E-state index is 7.05. The van der Waals surface area contributed by atoms with Gasteiger partial charge in [-0.25, -0.2) is 0 Å². The van der Waals surface area contributed by atoms with Crippen LogP contribution in [0.5, 0.6) is 5.75 Å². The van der Waals surface area contributed by atoms with Crippen LogP contribution in [0.2, 0.25) is 37.8 Å².